The summed E-state index contributed by atoms with van der Waals surface area (Å²) < 4.78 is 28.6. The van der Waals surface area contributed by atoms with Crippen molar-refractivity contribution in [2.45, 2.75) is 31.7 Å². The summed E-state index contributed by atoms with van der Waals surface area (Å²) in [5, 5.41) is 9.61. The molecule has 0 saturated heterocycles. The lowest BCUT2D eigenvalue weighted by Crippen LogP contribution is -2.46. The first-order valence-corrected chi connectivity index (χ1v) is 8.14. The van der Waals surface area contributed by atoms with Gasteiger partial charge in [0.05, 0.1) is 17.4 Å². The fourth-order valence-electron chi connectivity index (χ4n) is 1.95. The maximum Gasteiger partial charge on any atom is 0.244 e. The van der Waals surface area contributed by atoms with E-state index in [-0.39, 0.29) is 23.2 Å². The van der Waals surface area contributed by atoms with Crippen LogP contribution in [0.2, 0.25) is 0 Å². The molecule has 8 nitrogen and oxygen atoms in total. The summed E-state index contributed by atoms with van der Waals surface area (Å²) in [7, 11) is -0.340. The Labute approximate surface area is 137 Å². The smallest absolute Gasteiger partial charge is 0.244 e. The number of likely N-dealkylation sites (N-methyl/N-ethyl adjacent to an activating group) is 1. The average molecular weight is 354 g/mol. The molecule has 0 saturated carbocycles. The van der Waals surface area contributed by atoms with Crippen LogP contribution in [0.25, 0.3) is 0 Å². The van der Waals surface area contributed by atoms with Gasteiger partial charge in [-0.05, 0) is 27.8 Å². The van der Waals surface area contributed by atoms with Gasteiger partial charge in [-0.15, -0.1) is 12.4 Å². The van der Waals surface area contributed by atoms with Crippen LogP contribution in [0.4, 0.5) is 0 Å². The lowest BCUT2D eigenvalue weighted by molar-refractivity contribution is -0.122. The molecule has 1 unspecified atom stereocenters. The molecule has 1 rings (SSSR count). The van der Waals surface area contributed by atoms with Crippen LogP contribution in [0.15, 0.2) is 4.90 Å². The van der Waals surface area contributed by atoms with Crippen molar-refractivity contribution in [3.63, 3.8) is 0 Å². The van der Waals surface area contributed by atoms with Crippen molar-refractivity contribution in [3.8, 4) is 0 Å². The van der Waals surface area contributed by atoms with Crippen molar-refractivity contribution in [1.82, 2.24) is 25.1 Å². The van der Waals surface area contributed by atoms with E-state index in [1.54, 1.807) is 27.9 Å². The highest BCUT2D eigenvalue weighted by Crippen LogP contribution is 2.18. The largest absolute Gasteiger partial charge is 0.353 e. The van der Waals surface area contributed by atoms with Crippen molar-refractivity contribution >= 4 is 28.3 Å². The summed E-state index contributed by atoms with van der Waals surface area (Å²) in [6, 6.07) is -0.856. The fourth-order valence-corrected chi connectivity index (χ4v) is 3.59. The van der Waals surface area contributed by atoms with Crippen molar-refractivity contribution < 1.29 is 13.2 Å². The number of nitrogens with zero attached hydrogens (tertiary/aromatic N) is 2. The third kappa shape index (κ3) is 4.94. The molecule has 1 amide bonds. The molecule has 0 aliphatic carbocycles. The van der Waals surface area contributed by atoms with Crippen molar-refractivity contribution in [1.29, 1.82) is 0 Å². The van der Waals surface area contributed by atoms with Gasteiger partial charge in [-0.1, -0.05) is 0 Å². The molecule has 0 aromatic carbocycles. The highest BCUT2D eigenvalue weighted by molar-refractivity contribution is 7.89. The van der Waals surface area contributed by atoms with E-state index in [4.69, 9.17) is 0 Å². The number of hydrogen-bond donors (Lipinski definition) is 3. The van der Waals surface area contributed by atoms with Crippen LogP contribution in [-0.2, 0) is 21.9 Å². The molecule has 0 aliphatic heterocycles. The second-order valence-electron chi connectivity index (χ2n) is 4.86. The third-order valence-electron chi connectivity index (χ3n) is 3.11. The average Bonchev–Trinajstić information content (AvgIpc) is 2.63. The summed E-state index contributed by atoms with van der Waals surface area (Å²) in [5.74, 6) is -0.368. The molecule has 0 fully saturated rings. The molecule has 0 bridgehead atoms. The number of carbonyl (C=O) groups is 1. The topological polar surface area (TPSA) is 105 Å². The van der Waals surface area contributed by atoms with E-state index in [0.717, 1.165) is 0 Å². The van der Waals surface area contributed by atoms with Gasteiger partial charge in [-0.2, -0.15) is 9.82 Å². The number of nitrogens with one attached hydrogen (secondary N) is 3. The highest BCUT2D eigenvalue weighted by Gasteiger charge is 2.27. The van der Waals surface area contributed by atoms with Crippen molar-refractivity contribution in [2.24, 2.45) is 7.05 Å². The van der Waals surface area contributed by atoms with E-state index in [1.807, 2.05) is 0 Å². The lowest BCUT2D eigenvalue weighted by Gasteiger charge is -2.14. The maximum absolute atomic E-state index is 12.4. The number of carbonyl (C=O) groups excluding carboxylic acids is 1. The van der Waals surface area contributed by atoms with Gasteiger partial charge < -0.3 is 10.6 Å². The summed E-state index contributed by atoms with van der Waals surface area (Å²) in [5.41, 5.74) is 0.938. The molecule has 0 spiro atoms. The van der Waals surface area contributed by atoms with Gasteiger partial charge in [0, 0.05) is 20.1 Å². The Kier molecular flexibility index (Phi) is 8.02. The van der Waals surface area contributed by atoms with Crippen LogP contribution < -0.4 is 15.4 Å². The molecule has 0 radical (unpaired) electrons. The Balaban J connectivity index is 0.00000441. The van der Waals surface area contributed by atoms with Crippen LogP contribution in [0, 0.1) is 13.8 Å². The van der Waals surface area contributed by atoms with Gasteiger partial charge >= 0.3 is 0 Å². The normalized spacial score (nSPS) is 12.6. The predicted molar refractivity (Wildman–Crippen MR) is 86.6 cm³/mol. The number of sulfonamides is 1. The molecular formula is C12H24ClN5O3S. The first-order valence-electron chi connectivity index (χ1n) is 6.65. The first-order chi connectivity index (χ1) is 9.70. The van der Waals surface area contributed by atoms with E-state index in [0.29, 0.717) is 24.5 Å². The van der Waals surface area contributed by atoms with Crippen LogP contribution in [0.3, 0.4) is 0 Å². The Morgan fingerprint density at radius 2 is 1.91 bits per heavy atom. The van der Waals surface area contributed by atoms with Crippen molar-refractivity contribution in [2.75, 3.05) is 20.1 Å². The molecule has 22 heavy (non-hydrogen) atoms. The molecule has 0 aliphatic rings. The zero-order valence-electron chi connectivity index (χ0n) is 13.4. The Morgan fingerprint density at radius 3 is 2.36 bits per heavy atom. The zero-order valence-corrected chi connectivity index (χ0v) is 15.1. The monoisotopic (exact) mass is 353 g/mol. The second-order valence-corrected chi connectivity index (χ2v) is 6.51. The molecule has 1 atom stereocenters. The molecule has 1 aromatic rings. The number of aryl methyl sites for hydroxylation is 2. The Hall–Kier alpha value is -1.16. The Morgan fingerprint density at radius 1 is 1.32 bits per heavy atom. The molecule has 128 valence electrons. The van der Waals surface area contributed by atoms with E-state index in [2.05, 4.69) is 20.5 Å². The van der Waals surface area contributed by atoms with E-state index >= 15 is 0 Å². The van der Waals surface area contributed by atoms with Crippen LogP contribution in [0.1, 0.15) is 18.3 Å². The molecule has 3 N–H and O–H groups in total. The molecule has 1 aromatic heterocycles. The number of halogens is 1. The van der Waals surface area contributed by atoms with Gasteiger partial charge in [0.25, 0.3) is 0 Å². The molecule has 10 heteroatoms. The first kappa shape index (κ1) is 20.8. The van der Waals surface area contributed by atoms with E-state index in [1.165, 1.54) is 11.6 Å². The van der Waals surface area contributed by atoms with Gasteiger partial charge in [0.15, 0.2) is 0 Å². The van der Waals surface area contributed by atoms with Gasteiger partial charge in [-0.3, -0.25) is 9.48 Å². The van der Waals surface area contributed by atoms with Crippen LogP contribution in [-0.4, -0.2) is 50.3 Å². The van der Waals surface area contributed by atoms with Gasteiger partial charge in [-0.25, -0.2) is 8.42 Å². The Bertz CT molecular complexity index is 615. The minimum atomic E-state index is -3.79. The van der Waals surface area contributed by atoms with E-state index < -0.39 is 16.1 Å². The number of rotatable bonds is 7. The van der Waals surface area contributed by atoms with Crippen molar-refractivity contribution in [3.05, 3.63) is 11.4 Å². The highest BCUT2D eigenvalue weighted by atomic mass is 35.5. The predicted octanol–water partition coefficient (Wildman–Crippen LogP) is -0.539. The quantitative estimate of drug-likeness (QED) is 0.571. The number of aromatic nitrogens is 2. The maximum atomic E-state index is 12.4. The summed E-state index contributed by atoms with van der Waals surface area (Å²) >= 11 is 0. The molecular weight excluding hydrogens is 330 g/mol. The molecule has 1 heterocycles. The second kappa shape index (κ2) is 8.47. The summed E-state index contributed by atoms with van der Waals surface area (Å²) in [6.07, 6.45) is 0. The van der Waals surface area contributed by atoms with Gasteiger partial charge in [0.1, 0.15) is 4.90 Å². The minimum Gasteiger partial charge on any atom is -0.353 e. The SMILES string of the molecule is CNCCNC(=O)C(C)NS(=O)(=O)c1c(C)nn(C)c1C.Cl. The number of amides is 1. The van der Waals surface area contributed by atoms with E-state index in [9.17, 15) is 13.2 Å². The summed E-state index contributed by atoms with van der Waals surface area (Å²) in [4.78, 5) is 11.9. The zero-order chi connectivity index (χ0) is 16.2. The minimum absolute atomic E-state index is 0. The lowest BCUT2D eigenvalue weighted by atomic mass is 10.3. The third-order valence-corrected chi connectivity index (χ3v) is 4.90. The fraction of sp³-hybridized carbons (Fsp3) is 0.667. The van der Waals surface area contributed by atoms with Gasteiger partial charge in [0.2, 0.25) is 15.9 Å². The van der Waals surface area contributed by atoms with Crippen LogP contribution in [0.5, 0.6) is 0 Å². The number of hydrogen-bond acceptors (Lipinski definition) is 5. The summed E-state index contributed by atoms with van der Waals surface area (Å²) in [6.45, 7) is 5.86. The standard InChI is InChI=1S/C12H23N5O3S.ClH/c1-8-11(10(3)17(5)15-8)21(19,20)16-9(2)12(18)14-7-6-13-4;/h9,13,16H,6-7H2,1-5H3,(H,14,18);1H. The van der Waals surface area contributed by atoms with Crippen LogP contribution >= 0.6 is 12.4 Å².